The molecule has 0 fully saturated rings. The molecule has 0 spiro atoms. The lowest BCUT2D eigenvalue weighted by molar-refractivity contribution is 0.315. The van der Waals surface area contributed by atoms with E-state index in [1.165, 1.54) is 0 Å². The molecule has 0 bridgehead atoms. The lowest BCUT2D eigenvalue weighted by Gasteiger charge is -2.30. The highest BCUT2D eigenvalue weighted by molar-refractivity contribution is 7.89. The quantitative estimate of drug-likeness (QED) is 0.644. The van der Waals surface area contributed by atoms with Crippen LogP contribution in [0, 0.1) is 0 Å². The number of benzene rings is 1. The van der Waals surface area contributed by atoms with E-state index in [2.05, 4.69) is 0 Å². The molecule has 1 rings (SSSR count). The Morgan fingerprint density at radius 3 is 2.19 bits per heavy atom. The van der Waals surface area contributed by atoms with Crippen LogP contribution in [0.25, 0.3) is 0 Å². The number of hydrogen-bond acceptors (Lipinski definition) is 2. The second-order valence-electron chi connectivity index (χ2n) is 5.36. The van der Waals surface area contributed by atoms with Crippen LogP contribution in [-0.4, -0.2) is 36.9 Å². The van der Waals surface area contributed by atoms with Crippen molar-refractivity contribution in [3.05, 3.63) is 35.9 Å². The third-order valence-electron chi connectivity index (χ3n) is 3.84. The average molecular weight is 332 g/mol. The van der Waals surface area contributed by atoms with Crippen molar-refractivity contribution in [3.8, 4) is 0 Å². The summed E-state index contributed by atoms with van der Waals surface area (Å²) in [4.78, 5) is 0. The maximum atomic E-state index is 12.7. The van der Waals surface area contributed by atoms with Crippen LogP contribution in [0.3, 0.4) is 0 Å². The van der Waals surface area contributed by atoms with Crippen LogP contribution in [0.2, 0.25) is 0 Å². The SMILES string of the molecule is CCC(CC)N(CCCl)S(=O)(=O)CC(C)c1ccccc1. The summed E-state index contributed by atoms with van der Waals surface area (Å²) >= 11 is 5.81. The highest BCUT2D eigenvalue weighted by Crippen LogP contribution is 2.22. The maximum Gasteiger partial charge on any atom is 0.214 e. The van der Waals surface area contributed by atoms with Crippen molar-refractivity contribution < 1.29 is 8.42 Å². The van der Waals surface area contributed by atoms with Crippen molar-refractivity contribution >= 4 is 21.6 Å². The summed E-state index contributed by atoms with van der Waals surface area (Å²) in [7, 11) is -3.31. The summed E-state index contributed by atoms with van der Waals surface area (Å²) in [6.45, 7) is 6.38. The molecule has 1 atom stereocenters. The van der Waals surface area contributed by atoms with Gasteiger partial charge in [0.25, 0.3) is 0 Å². The molecule has 0 radical (unpaired) electrons. The monoisotopic (exact) mass is 331 g/mol. The predicted octanol–water partition coefficient (Wildman–Crippen LogP) is 3.85. The van der Waals surface area contributed by atoms with Crippen LogP contribution in [0.5, 0.6) is 0 Å². The minimum Gasteiger partial charge on any atom is -0.212 e. The molecule has 120 valence electrons. The Balaban J connectivity index is 2.91. The van der Waals surface area contributed by atoms with Gasteiger partial charge in [0.1, 0.15) is 0 Å². The molecule has 0 aromatic heterocycles. The Morgan fingerprint density at radius 1 is 1.14 bits per heavy atom. The summed E-state index contributed by atoms with van der Waals surface area (Å²) in [5.41, 5.74) is 1.05. The van der Waals surface area contributed by atoms with E-state index in [1.54, 1.807) is 4.31 Å². The zero-order valence-corrected chi connectivity index (χ0v) is 14.7. The van der Waals surface area contributed by atoms with Crippen LogP contribution in [-0.2, 0) is 10.0 Å². The van der Waals surface area contributed by atoms with E-state index in [4.69, 9.17) is 11.6 Å². The minimum absolute atomic E-state index is 0.0246. The Kier molecular flexibility index (Phi) is 7.71. The smallest absolute Gasteiger partial charge is 0.212 e. The van der Waals surface area contributed by atoms with Crippen LogP contribution in [0.1, 0.15) is 45.1 Å². The molecule has 3 nitrogen and oxygen atoms in total. The van der Waals surface area contributed by atoms with E-state index in [-0.39, 0.29) is 17.7 Å². The van der Waals surface area contributed by atoms with Gasteiger partial charge in [-0.15, -0.1) is 11.6 Å². The van der Waals surface area contributed by atoms with E-state index < -0.39 is 10.0 Å². The number of nitrogens with zero attached hydrogens (tertiary/aromatic N) is 1. The summed E-state index contributed by atoms with van der Waals surface area (Å²) < 4.78 is 27.1. The van der Waals surface area contributed by atoms with E-state index >= 15 is 0 Å². The topological polar surface area (TPSA) is 37.4 Å². The fourth-order valence-electron chi connectivity index (χ4n) is 2.62. The first-order valence-corrected chi connectivity index (χ1v) is 9.71. The standard InChI is InChI=1S/C16H26ClNO2S/c1-4-16(5-2)18(12-11-17)21(19,20)13-14(3)15-9-7-6-8-10-15/h6-10,14,16H,4-5,11-13H2,1-3H3. The molecule has 1 aromatic carbocycles. The van der Waals surface area contributed by atoms with Crippen molar-refractivity contribution in [2.24, 2.45) is 0 Å². The van der Waals surface area contributed by atoms with Gasteiger partial charge in [-0.2, -0.15) is 4.31 Å². The molecule has 1 aromatic rings. The second kappa shape index (κ2) is 8.76. The summed E-state index contributed by atoms with van der Waals surface area (Å²) in [5.74, 6) is 0.434. The first-order valence-electron chi connectivity index (χ1n) is 7.56. The number of alkyl halides is 1. The lowest BCUT2D eigenvalue weighted by Crippen LogP contribution is -2.43. The Hall–Kier alpha value is -0.580. The minimum atomic E-state index is -3.31. The van der Waals surface area contributed by atoms with Gasteiger partial charge in [-0.1, -0.05) is 51.1 Å². The zero-order valence-electron chi connectivity index (χ0n) is 13.1. The van der Waals surface area contributed by atoms with Crippen molar-refractivity contribution in [1.82, 2.24) is 4.31 Å². The van der Waals surface area contributed by atoms with E-state index in [1.807, 2.05) is 51.1 Å². The van der Waals surface area contributed by atoms with Gasteiger partial charge in [-0.25, -0.2) is 8.42 Å². The largest absolute Gasteiger partial charge is 0.214 e. The fraction of sp³-hybridized carbons (Fsp3) is 0.625. The number of hydrogen-bond donors (Lipinski definition) is 0. The molecule has 0 aliphatic rings. The van der Waals surface area contributed by atoms with Crippen LogP contribution < -0.4 is 0 Å². The summed E-state index contributed by atoms with van der Waals surface area (Å²) in [5, 5.41) is 0. The summed E-state index contributed by atoms with van der Waals surface area (Å²) in [6.07, 6.45) is 1.62. The highest BCUT2D eigenvalue weighted by Gasteiger charge is 2.29. The summed E-state index contributed by atoms with van der Waals surface area (Å²) in [6, 6.07) is 9.81. The molecule has 0 amide bonds. The maximum absolute atomic E-state index is 12.7. The van der Waals surface area contributed by atoms with Gasteiger partial charge in [0.15, 0.2) is 0 Å². The molecule has 0 aliphatic heterocycles. The molecule has 21 heavy (non-hydrogen) atoms. The number of rotatable bonds is 9. The Labute approximate surface area is 134 Å². The van der Waals surface area contributed by atoms with Crippen LogP contribution in [0.4, 0.5) is 0 Å². The second-order valence-corrected chi connectivity index (χ2v) is 7.70. The van der Waals surface area contributed by atoms with Gasteiger partial charge in [0.2, 0.25) is 10.0 Å². The normalized spacial score (nSPS) is 13.8. The predicted molar refractivity (Wildman–Crippen MR) is 90.4 cm³/mol. The van der Waals surface area contributed by atoms with Crippen molar-refractivity contribution in [2.45, 2.75) is 45.6 Å². The van der Waals surface area contributed by atoms with E-state index in [9.17, 15) is 8.42 Å². The third kappa shape index (κ3) is 5.28. The first-order chi connectivity index (χ1) is 9.96. The fourth-order valence-corrected chi connectivity index (χ4v) is 5.04. The third-order valence-corrected chi connectivity index (χ3v) is 6.13. The highest BCUT2D eigenvalue weighted by atomic mass is 35.5. The molecule has 0 aliphatic carbocycles. The molecule has 0 N–H and O–H groups in total. The van der Waals surface area contributed by atoms with Gasteiger partial charge in [-0.3, -0.25) is 0 Å². The van der Waals surface area contributed by atoms with Crippen molar-refractivity contribution in [1.29, 1.82) is 0 Å². The van der Waals surface area contributed by atoms with Gasteiger partial charge < -0.3 is 0 Å². The number of sulfonamides is 1. The van der Waals surface area contributed by atoms with Gasteiger partial charge in [0.05, 0.1) is 5.75 Å². The van der Waals surface area contributed by atoms with Gasteiger partial charge >= 0.3 is 0 Å². The molecule has 5 heteroatoms. The molecular weight excluding hydrogens is 306 g/mol. The molecule has 0 saturated heterocycles. The average Bonchev–Trinajstić information content (AvgIpc) is 2.48. The molecule has 0 saturated carbocycles. The van der Waals surface area contributed by atoms with Crippen molar-refractivity contribution in [3.63, 3.8) is 0 Å². The van der Waals surface area contributed by atoms with Gasteiger partial charge in [0, 0.05) is 18.5 Å². The Bertz CT molecular complexity index is 500. The molecular formula is C16H26ClNO2S. The Morgan fingerprint density at radius 2 is 1.71 bits per heavy atom. The van der Waals surface area contributed by atoms with Crippen molar-refractivity contribution in [2.75, 3.05) is 18.2 Å². The van der Waals surface area contributed by atoms with Crippen LogP contribution in [0.15, 0.2) is 30.3 Å². The number of halogens is 1. The lowest BCUT2D eigenvalue weighted by atomic mass is 10.0. The zero-order chi connectivity index (χ0) is 15.9. The first kappa shape index (κ1) is 18.5. The van der Waals surface area contributed by atoms with Crippen LogP contribution >= 0.6 is 11.6 Å². The van der Waals surface area contributed by atoms with E-state index in [0.29, 0.717) is 12.4 Å². The van der Waals surface area contributed by atoms with E-state index in [0.717, 1.165) is 18.4 Å². The molecule has 0 heterocycles. The van der Waals surface area contributed by atoms with Gasteiger partial charge in [-0.05, 0) is 24.3 Å². The molecule has 1 unspecified atom stereocenters.